The SMILES string of the molecule is COC(=O)CC(NC(=O)/C=C/C(C)C)C(=O)OC. The number of carbonyl (C=O) groups is 3. The number of esters is 2. The Balaban J connectivity index is 4.54. The largest absolute Gasteiger partial charge is 0.469 e. The number of hydrogen-bond acceptors (Lipinski definition) is 5. The van der Waals surface area contributed by atoms with Crippen LogP contribution in [0.1, 0.15) is 20.3 Å². The van der Waals surface area contributed by atoms with Crippen molar-refractivity contribution in [1.29, 1.82) is 0 Å². The minimum atomic E-state index is -1.04. The molecule has 18 heavy (non-hydrogen) atoms. The summed E-state index contributed by atoms with van der Waals surface area (Å²) in [7, 11) is 2.39. The van der Waals surface area contributed by atoms with Crippen LogP contribution in [0.4, 0.5) is 0 Å². The van der Waals surface area contributed by atoms with Crippen LogP contribution in [0.3, 0.4) is 0 Å². The number of methoxy groups -OCH3 is 2. The number of ether oxygens (including phenoxy) is 2. The molecule has 0 aliphatic carbocycles. The molecule has 1 N–H and O–H groups in total. The van der Waals surface area contributed by atoms with Crippen molar-refractivity contribution in [2.45, 2.75) is 26.3 Å². The Hall–Kier alpha value is -1.85. The van der Waals surface area contributed by atoms with Crippen molar-refractivity contribution < 1.29 is 23.9 Å². The van der Waals surface area contributed by atoms with Crippen LogP contribution >= 0.6 is 0 Å². The van der Waals surface area contributed by atoms with Crippen LogP contribution in [0.2, 0.25) is 0 Å². The van der Waals surface area contributed by atoms with Gasteiger partial charge in [-0.05, 0) is 12.0 Å². The highest BCUT2D eigenvalue weighted by atomic mass is 16.5. The van der Waals surface area contributed by atoms with Gasteiger partial charge in [0.15, 0.2) is 0 Å². The van der Waals surface area contributed by atoms with Crippen molar-refractivity contribution in [3.05, 3.63) is 12.2 Å². The van der Waals surface area contributed by atoms with Gasteiger partial charge in [-0.1, -0.05) is 19.9 Å². The van der Waals surface area contributed by atoms with E-state index in [0.29, 0.717) is 0 Å². The molecule has 0 spiro atoms. The smallest absolute Gasteiger partial charge is 0.328 e. The van der Waals surface area contributed by atoms with Crippen LogP contribution < -0.4 is 5.32 Å². The third kappa shape index (κ3) is 6.67. The van der Waals surface area contributed by atoms with E-state index >= 15 is 0 Å². The standard InChI is InChI=1S/C12H19NO5/c1-8(2)5-6-10(14)13-9(12(16)18-4)7-11(15)17-3/h5-6,8-9H,7H2,1-4H3,(H,13,14)/b6-5+. The summed E-state index contributed by atoms with van der Waals surface area (Å²) < 4.78 is 8.94. The maximum absolute atomic E-state index is 11.5. The Morgan fingerprint density at radius 3 is 2.22 bits per heavy atom. The molecular formula is C12H19NO5. The van der Waals surface area contributed by atoms with Crippen molar-refractivity contribution in [3.8, 4) is 0 Å². The van der Waals surface area contributed by atoms with Gasteiger partial charge >= 0.3 is 11.9 Å². The van der Waals surface area contributed by atoms with E-state index in [1.807, 2.05) is 13.8 Å². The second-order valence-corrected chi connectivity index (χ2v) is 3.97. The number of amides is 1. The molecule has 0 aliphatic heterocycles. The van der Waals surface area contributed by atoms with E-state index in [2.05, 4.69) is 14.8 Å². The van der Waals surface area contributed by atoms with Crippen LogP contribution in [-0.4, -0.2) is 38.1 Å². The van der Waals surface area contributed by atoms with Crippen LogP contribution in [0, 0.1) is 5.92 Å². The molecule has 6 heteroatoms. The van der Waals surface area contributed by atoms with Gasteiger partial charge in [-0.3, -0.25) is 9.59 Å². The molecule has 0 aromatic rings. The Morgan fingerprint density at radius 1 is 1.17 bits per heavy atom. The molecule has 1 amide bonds. The molecule has 6 nitrogen and oxygen atoms in total. The summed E-state index contributed by atoms with van der Waals surface area (Å²) in [4.78, 5) is 33.9. The number of allylic oxidation sites excluding steroid dienone is 1. The minimum Gasteiger partial charge on any atom is -0.469 e. The van der Waals surface area contributed by atoms with E-state index in [-0.39, 0.29) is 12.3 Å². The fourth-order valence-corrected chi connectivity index (χ4v) is 1.09. The maximum atomic E-state index is 11.5. The highest BCUT2D eigenvalue weighted by molar-refractivity contribution is 5.93. The topological polar surface area (TPSA) is 81.7 Å². The van der Waals surface area contributed by atoms with Crippen molar-refractivity contribution in [2.24, 2.45) is 5.92 Å². The summed E-state index contributed by atoms with van der Waals surface area (Å²) in [5, 5.41) is 2.39. The van der Waals surface area contributed by atoms with E-state index < -0.39 is 23.9 Å². The first-order chi connectivity index (χ1) is 8.40. The highest BCUT2D eigenvalue weighted by Crippen LogP contribution is 1.99. The lowest BCUT2D eigenvalue weighted by Crippen LogP contribution is -2.42. The van der Waals surface area contributed by atoms with Gasteiger partial charge in [0.05, 0.1) is 20.6 Å². The lowest BCUT2D eigenvalue weighted by molar-refractivity contribution is -0.150. The van der Waals surface area contributed by atoms with Crippen molar-refractivity contribution >= 4 is 17.8 Å². The lowest BCUT2D eigenvalue weighted by Gasteiger charge is -2.14. The van der Waals surface area contributed by atoms with E-state index in [0.717, 1.165) is 0 Å². The van der Waals surface area contributed by atoms with Gasteiger partial charge in [-0.25, -0.2) is 4.79 Å². The van der Waals surface area contributed by atoms with Crippen LogP contribution in [-0.2, 0) is 23.9 Å². The fourth-order valence-electron chi connectivity index (χ4n) is 1.09. The first-order valence-electron chi connectivity index (χ1n) is 5.54. The second-order valence-electron chi connectivity index (χ2n) is 3.97. The molecular weight excluding hydrogens is 238 g/mol. The summed E-state index contributed by atoms with van der Waals surface area (Å²) in [5.41, 5.74) is 0. The van der Waals surface area contributed by atoms with Gasteiger partial charge in [0.1, 0.15) is 6.04 Å². The zero-order chi connectivity index (χ0) is 14.1. The number of rotatable bonds is 6. The second kappa shape index (κ2) is 8.27. The number of nitrogens with one attached hydrogen (secondary N) is 1. The van der Waals surface area contributed by atoms with Gasteiger partial charge in [0, 0.05) is 0 Å². The summed E-state index contributed by atoms with van der Waals surface area (Å²) in [6.07, 6.45) is 2.74. The summed E-state index contributed by atoms with van der Waals surface area (Å²) in [6, 6.07) is -1.04. The van der Waals surface area contributed by atoms with Gasteiger partial charge < -0.3 is 14.8 Å². The zero-order valence-corrected chi connectivity index (χ0v) is 11.1. The van der Waals surface area contributed by atoms with Gasteiger partial charge in [-0.2, -0.15) is 0 Å². The first-order valence-corrected chi connectivity index (χ1v) is 5.54. The molecule has 1 unspecified atom stereocenters. The lowest BCUT2D eigenvalue weighted by atomic mass is 10.2. The summed E-state index contributed by atoms with van der Waals surface area (Å²) >= 11 is 0. The molecule has 1 atom stereocenters. The first kappa shape index (κ1) is 16.1. The predicted molar refractivity (Wildman–Crippen MR) is 64.6 cm³/mol. The molecule has 0 aliphatic rings. The van der Waals surface area contributed by atoms with Crippen LogP contribution in [0.15, 0.2) is 12.2 Å². The molecule has 0 bridgehead atoms. The van der Waals surface area contributed by atoms with Crippen molar-refractivity contribution in [1.82, 2.24) is 5.32 Å². The average Bonchev–Trinajstić information content (AvgIpc) is 2.34. The van der Waals surface area contributed by atoms with Gasteiger partial charge in [0.25, 0.3) is 0 Å². The molecule has 0 heterocycles. The van der Waals surface area contributed by atoms with E-state index in [1.165, 1.54) is 20.3 Å². The Bertz CT molecular complexity index is 335. The number of hydrogen-bond donors (Lipinski definition) is 1. The normalized spacial score (nSPS) is 12.3. The minimum absolute atomic E-state index is 0.216. The fraction of sp³-hybridized carbons (Fsp3) is 0.583. The van der Waals surface area contributed by atoms with E-state index in [9.17, 15) is 14.4 Å². The molecule has 102 valence electrons. The quantitative estimate of drug-likeness (QED) is 0.551. The maximum Gasteiger partial charge on any atom is 0.328 e. The monoisotopic (exact) mass is 257 g/mol. The van der Waals surface area contributed by atoms with E-state index in [4.69, 9.17) is 0 Å². The summed E-state index contributed by atoms with van der Waals surface area (Å²) in [6.45, 7) is 3.83. The molecule has 0 saturated heterocycles. The molecule has 0 aromatic carbocycles. The van der Waals surface area contributed by atoms with Crippen molar-refractivity contribution in [2.75, 3.05) is 14.2 Å². The third-order valence-corrected chi connectivity index (χ3v) is 2.03. The molecule has 0 saturated carbocycles. The Kier molecular flexibility index (Phi) is 7.42. The van der Waals surface area contributed by atoms with Crippen LogP contribution in [0.25, 0.3) is 0 Å². The van der Waals surface area contributed by atoms with E-state index in [1.54, 1.807) is 6.08 Å². The molecule has 0 aromatic heterocycles. The van der Waals surface area contributed by atoms with Crippen LogP contribution in [0.5, 0.6) is 0 Å². The van der Waals surface area contributed by atoms with Crippen molar-refractivity contribution in [3.63, 3.8) is 0 Å². The highest BCUT2D eigenvalue weighted by Gasteiger charge is 2.24. The predicted octanol–water partition coefficient (Wildman–Crippen LogP) is 0.419. The Labute approximate surface area is 106 Å². The van der Waals surface area contributed by atoms with Gasteiger partial charge in [-0.15, -0.1) is 0 Å². The molecule has 0 radical (unpaired) electrons. The summed E-state index contributed by atoms with van der Waals surface area (Å²) in [5.74, 6) is -1.53. The molecule has 0 rings (SSSR count). The third-order valence-electron chi connectivity index (χ3n) is 2.03. The number of carbonyl (C=O) groups excluding carboxylic acids is 3. The Morgan fingerprint density at radius 2 is 1.78 bits per heavy atom. The average molecular weight is 257 g/mol. The molecule has 0 fully saturated rings. The van der Waals surface area contributed by atoms with Gasteiger partial charge in [0.2, 0.25) is 5.91 Å². The zero-order valence-electron chi connectivity index (χ0n) is 11.1.